The normalized spacial score (nSPS) is 11.5. The summed E-state index contributed by atoms with van der Waals surface area (Å²) in [5.74, 6) is 1.34. The Labute approximate surface area is 151 Å². The molecule has 26 heavy (non-hydrogen) atoms. The molecule has 2 N–H and O–H groups in total. The average molecular weight is 384 g/mol. The Morgan fingerprint density at radius 1 is 1.00 bits per heavy atom. The standard InChI is InChI=1S/C16H13ClF3N5O/c1-8-5-13(23-15(21-8)24-14-6-9(2)26-25-14)22-12-4-3-10(17)7-11(12)16(18,19)20/h3-7H,1-2H3,(H2,21,22,23,24,25). The molecule has 0 radical (unpaired) electrons. The first-order valence-electron chi connectivity index (χ1n) is 7.40. The molecule has 0 aliphatic rings. The fraction of sp³-hybridized carbons (Fsp3) is 0.188. The summed E-state index contributed by atoms with van der Waals surface area (Å²) >= 11 is 5.69. The zero-order valence-electron chi connectivity index (χ0n) is 13.6. The van der Waals surface area contributed by atoms with E-state index in [-0.39, 0.29) is 22.5 Å². The molecule has 1 aromatic carbocycles. The molecule has 0 spiro atoms. The molecule has 6 nitrogen and oxygen atoms in total. The maximum Gasteiger partial charge on any atom is 0.418 e. The van der Waals surface area contributed by atoms with E-state index in [2.05, 4.69) is 25.8 Å². The number of alkyl halides is 3. The molecule has 0 aliphatic heterocycles. The highest BCUT2D eigenvalue weighted by Gasteiger charge is 2.34. The number of anilines is 4. The molecule has 0 fully saturated rings. The molecular weight excluding hydrogens is 371 g/mol. The van der Waals surface area contributed by atoms with Gasteiger partial charge in [-0.2, -0.15) is 18.2 Å². The number of benzene rings is 1. The fourth-order valence-electron chi connectivity index (χ4n) is 2.23. The molecule has 0 aliphatic carbocycles. The molecule has 0 saturated heterocycles. The van der Waals surface area contributed by atoms with Crippen molar-refractivity contribution in [2.45, 2.75) is 20.0 Å². The van der Waals surface area contributed by atoms with Crippen LogP contribution >= 0.6 is 11.6 Å². The zero-order valence-corrected chi connectivity index (χ0v) is 14.4. The predicted molar refractivity (Wildman–Crippen MR) is 91.0 cm³/mol. The lowest BCUT2D eigenvalue weighted by molar-refractivity contribution is -0.136. The molecule has 2 heterocycles. The van der Waals surface area contributed by atoms with Crippen LogP contribution in [-0.2, 0) is 6.18 Å². The van der Waals surface area contributed by atoms with Crippen molar-refractivity contribution in [3.63, 3.8) is 0 Å². The molecule has 0 amide bonds. The van der Waals surface area contributed by atoms with Crippen molar-refractivity contribution in [1.82, 2.24) is 15.1 Å². The number of hydrogen-bond acceptors (Lipinski definition) is 6. The summed E-state index contributed by atoms with van der Waals surface area (Å²) in [6.45, 7) is 3.42. The molecule has 0 saturated carbocycles. The second kappa shape index (κ2) is 6.83. The summed E-state index contributed by atoms with van der Waals surface area (Å²) in [6.07, 6.45) is -4.56. The van der Waals surface area contributed by atoms with Crippen LogP contribution in [0.25, 0.3) is 0 Å². The lowest BCUT2D eigenvalue weighted by atomic mass is 10.1. The first-order chi connectivity index (χ1) is 12.2. The van der Waals surface area contributed by atoms with E-state index in [0.717, 1.165) is 6.07 Å². The van der Waals surface area contributed by atoms with Crippen LogP contribution in [0, 0.1) is 13.8 Å². The van der Waals surface area contributed by atoms with E-state index in [0.29, 0.717) is 17.3 Å². The van der Waals surface area contributed by atoms with Gasteiger partial charge in [-0.15, -0.1) is 0 Å². The van der Waals surface area contributed by atoms with Crippen molar-refractivity contribution in [2.75, 3.05) is 10.6 Å². The highest BCUT2D eigenvalue weighted by atomic mass is 35.5. The highest BCUT2D eigenvalue weighted by molar-refractivity contribution is 6.30. The average Bonchev–Trinajstić information content (AvgIpc) is 2.92. The van der Waals surface area contributed by atoms with Crippen molar-refractivity contribution in [3.05, 3.63) is 52.4 Å². The smallest absolute Gasteiger partial charge is 0.360 e. The van der Waals surface area contributed by atoms with E-state index in [9.17, 15) is 13.2 Å². The summed E-state index contributed by atoms with van der Waals surface area (Å²) in [6, 6.07) is 6.63. The number of rotatable bonds is 4. The lowest BCUT2D eigenvalue weighted by Crippen LogP contribution is -2.10. The van der Waals surface area contributed by atoms with Gasteiger partial charge in [0.25, 0.3) is 0 Å². The van der Waals surface area contributed by atoms with Gasteiger partial charge in [0.15, 0.2) is 5.82 Å². The second-order valence-electron chi connectivity index (χ2n) is 5.48. The monoisotopic (exact) mass is 383 g/mol. The van der Waals surface area contributed by atoms with Crippen LogP contribution in [0.2, 0.25) is 5.02 Å². The Balaban J connectivity index is 1.91. The van der Waals surface area contributed by atoms with Gasteiger partial charge in [0.05, 0.1) is 11.3 Å². The second-order valence-corrected chi connectivity index (χ2v) is 5.92. The Bertz CT molecular complexity index is 942. The lowest BCUT2D eigenvalue weighted by Gasteiger charge is -2.15. The van der Waals surface area contributed by atoms with Crippen LogP contribution < -0.4 is 10.6 Å². The third-order valence-electron chi connectivity index (χ3n) is 3.27. The molecule has 136 valence electrons. The van der Waals surface area contributed by atoms with Gasteiger partial charge in [-0.25, -0.2) is 4.98 Å². The van der Waals surface area contributed by atoms with Gasteiger partial charge in [0.2, 0.25) is 5.95 Å². The predicted octanol–water partition coefficient (Wildman–Crippen LogP) is 5.24. The van der Waals surface area contributed by atoms with Crippen LogP contribution in [0.5, 0.6) is 0 Å². The van der Waals surface area contributed by atoms with Gasteiger partial charge < -0.3 is 15.2 Å². The van der Waals surface area contributed by atoms with E-state index in [1.807, 2.05) is 0 Å². The van der Waals surface area contributed by atoms with Crippen LogP contribution in [0.4, 0.5) is 36.4 Å². The van der Waals surface area contributed by atoms with Crippen LogP contribution in [-0.4, -0.2) is 15.1 Å². The minimum absolute atomic E-state index is 0.00880. The Hall–Kier alpha value is -2.81. The Morgan fingerprint density at radius 3 is 2.42 bits per heavy atom. The van der Waals surface area contributed by atoms with Crippen LogP contribution in [0.3, 0.4) is 0 Å². The topological polar surface area (TPSA) is 75.9 Å². The zero-order chi connectivity index (χ0) is 18.9. The molecule has 0 atom stereocenters. The van der Waals surface area contributed by atoms with E-state index in [4.69, 9.17) is 16.1 Å². The van der Waals surface area contributed by atoms with Crippen molar-refractivity contribution >= 4 is 34.9 Å². The van der Waals surface area contributed by atoms with Gasteiger partial charge in [0.1, 0.15) is 11.6 Å². The van der Waals surface area contributed by atoms with Gasteiger partial charge in [-0.05, 0) is 32.0 Å². The van der Waals surface area contributed by atoms with E-state index >= 15 is 0 Å². The number of nitrogens with one attached hydrogen (secondary N) is 2. The number of hydrogen-bond donors (Lipinski definition) is 2. The molecule has 2 aromatic heterocycles. The van der Waals surface area contributed by atoms with Gasteiger partial charge in [0, 0.05) is 22.8 Å². The maximum atomic E-state index is 13.2. The Kier molecular flexibility index (Phi) is 4.73. The minimum atomic E-state index is -4.56. The maximum absolute atomic E-state index is 13.2. The highest BCUT2D eigenvalue weighted by Crippen LogP contribution is 2.37. The first-order valence-corrected chi connectivity index (χ1v) is 7.78. The van der Waals surface area contributed by atoms with Crippen molar-refractivity contribution in [1.29, 1.82) is 0 Å². The van der Waals surface area contributed by atoms with E-state index < -0.39 is 11.7 Å². The number of aryl methyl sites for hydroxylation is 2. The number of halogens is 4. The van der Waals surface area contributed by atoms with Crippen molar-refractivity contribution < 1.29 is 17.7 Å². The number of nitrogens with zero attached hydrogens (tertiary/aromatic N) is 3. The number of aromatic nitrogens is 3. The van der Waals surface area contributed by atoms with Gasteiger partial charge in [-0.3, -0.25) is 0 Å². The van der Waals surface area contributed by atoms with E-state index in [1.165, 1.54) is 18.2 Å². The summed E-state index contributed by atoms with van der Waals surface area (Å²) in [7, 11) is 0. The molecule has 0 unspecified atom stereocenters. The minimum Gasteiger partial charge on any atom is -0.360 e. The van der Waals surface area contributed by atoms with Gasteiger partial charge >= 0.3 is 6.18 Å². The quantitative estimate of drug-likeness (QED) is 0.641. The Morgan fingerprint density at radius 2 is 1.77 bits per heavy atom. The summed E-state index contributed by atoms with van der Waals surface area (Å²) in [5.41, 5.74) is -0.501. The molecule has 3 aromatic rings. The van der Waals surface area contributed by atoms with E-state index in [1.54, 1.807) is 19.9 Å². The summed E-state index contributed by atoms with van der Waals surface area (Å²) in [4.78, 5) is 8.34. The third-order valence-corrected chi connectivity index (χ3v) is 3.51. The van der Waals surface area contributed by atoms with Crippen molar-refractivity contribution in [2.24, 2.45) is 0 Å². The summed E-state index contributed by atoms with van der Waals surface area (Å²) < 4.78 is 44.6. The first kappa shape index (κ1) is 18.0. The molecular formula is C16H13ClF3N5O. The molecule has 10 heteroatoms. The largest absolute Gasteiger partial charge is 0.418 e. The SMILES string of the molecule is Cc1cc(Nc2ccc(Cl)cc2C(F)(F)F)nc(Nc2cc(C)on2)n1. The third kappa shape index (κ3) is 4.23. The summed E-state index contributed by atoms with van der Waals surface area (Å²) in [5, 5.41) is 9.25. The van der Waals surface area contributed by atoms with Crippen LogP contribution in [0.15, 0.2) is 34.9 Å². The molecule has 3 rings (SSSR count). The van der Waals surface area contributed by atoms with Crippen LogP contribution in [0.1, 0.15) is 17.0 Å². The molecule has 0 bridgehead atoms. The van der Waals surface area contributed by atoms with Crippen molar-refractivity contribution in [3.8, 4) is 0 Å². The fourth-order valence-corrected chi connectivity index (χ4v) is 2.40. The van der Waals surface area contributed by atoms with Gasteiger partial charge in [-0.1, -0.05) is 16.8 Å².